The maximum atomic E-state index is 2.61. The van der Waals surface area contributed by atoms with Gasteiger partial charge < -0.3 is 4.90 Å². The van der Waals surface area contributed by atoms with Gasteiger partial charge in [-0.15, -0.1) is 0 Å². The summed E-state index contributed by atoms with van der Waals surface area (Å²) in [5.41, 5.74) is 19.2. The minimum atomic E-state index is -0.492. The quantitative estimate of drug-likeness (QED) is 0.163. The predicted octanol–water partition coefficient (Wildman–Crippen LogP) is 14.8. The van der Waals surface area contributed by atoms with E-state index in [9.17, 15) is 0 Å². The Hall–Kier alpha value is -6.44. The molecule has 8 aromatic carbocycles. The summed E-state index contributed by atoms with van der Waals surface area (Å²) >= 11 is 0. The normalized spacial score (nSPS) is 18.5. The molecule has 0 saturated carbocycles. The average Bonchev–Trinajstić information content (AvgIpc) is 3.81. The van der Waals surface area contributed by atoms with Gasteiger partial charge in [0.15, 0.2) is 0 Å². The van der Waals surface area contributed by atoms with Crippen LogP contribution in [0.4, 0.5) is 17.1 Å². The second kappa shape index (κ2) is 13.0. The zero-order valence-electron chi connectivity index (χ0n) is 34.4. The number of anilines is 3. The highest BCUT2D eigenvalue weighted by Gasteiger charge is 2.57. The van der Waals surface area contributed by atoms with Gasteiger partial charge in [-0.25, -0.2) is 0 Å². The Morgan fingerprint density at radius 1 is 0.373 bits per heavy atom. The van der Waals surface area contributed by atoms with E-state index in [-0.39, 0.29) is 16.2 Å². The number of fused-ring (bicyclic) bond motifs is 7. The van der Waals surface area contributed by atoms with Crippen LogP contribution in [0.2, 0.25) is 0 Å². The zero-order chi connectivity index (χ0) is 40.0. The van der Waals surface area contributed by atoms with Gasteiger partial charge in [0.05, 0.1) is 16.8 Å². The van der Waals surface area contributed by atoms with E-state index < -0.39 is 5.41 Å². The van der Waals surface area contributed by atoms with Crippen molar-refractivity contribution in [1.82, 2.24) is 0 Å². The van der Waals surface area contributed by atoms with Gasteiger partial charge >= 0.3 is 0 Å². The van der Waals surface area contributed by atoms with Crippen molar-refractivity contribution >= 4 is 17.1 Å². The Morgan fingerprint density at radius 3 is 1.53 bits per heavy atom. The van der Waals surface area contributed by atoms with Crippen LogP contribution in [0.25, 0.3) is 22.3 Å². The van der Waals surface area contributed by atoms with E-state index in [1.807, 2.05) is 0 Å². The first-order valence-electron chi connectivity index (χ1n) is 21.3. The molecule has 3 aliphatic rings. The number of hydrogen-bond acceptors (Lipinski definition) is 1. The molecule has 3 aliphatic carbocycles. The second-order valence-corrected chi connectivity index (χ2v) is 18.4. The molecular formula is C58H49N. The Morgan fingerprint density at radius 2 is 0.864 bits per heavy atom. The minimum Gasteiger partial charge on any atom is -0.310 e. The first kappa shape index (κ1) is 35.7. The molecule has 1 unspecified atom stereocenters. The van der Waals surface area contributed by atoms with Gasteiger partial charge in [-0.1, -0.05) is 204 Å². The molecule has 0 heterocycles. The Labute approximate surface area is 349 Å². The Balaban J connectivity index is 1.21. The van der Waals surface area contributed by atoms with Gasteiger partial charge in [-0.05, 0) is 109 Å². The van der Waals surface area contributed by atoms with Crippen molar-refractivity contribution in [2.45, 2.75) is 62.2 Å². The average molecular weight is 760 g/mol. The highest BCUT2D eigenvalue weighted by Crippen LogP contribution is 2.66. The minimum absolute atomic E-state index is 0.0568. The number of hydrogen-bond donors (Lipinski definition) is 0. The van der Waals surface area contributed by atoms with Gasteiger partial charge in [-0.3, -0.25) is 0 Å². The lowest BCUT2D eigenvalue weighted by Gasteiger charge is -2.35. The van der Waals surface area contributed by atoms with Crippen LogP contribution < -0.4 is 4.90 Å². The molecule has 286 valence electrons. The summed E-state index contributed by atoms with van der Waals surface area (Å²) in [6, 6.07) is 75.1. The van der Waals surface area contributed by atoms with Gasteiger partial charge in [0.2, 0.25) is 0 Å². The summed E-state index contributed by atoms with van der Waals surface area (Å²) in [4.78, 5) is 2.61. The molecule has 0 aromatic heterocycles. The van der Waals surface area contributed by atoms with Crippen molar-refractivity contribution in [3.05, 3.63) is 245 Å². The monoisotopic (exact) mass is 759 g/mol. The van der Waals surface area contributed by atoms with Crippen molar-refractivity contribution in [2.75, 3.05) is 4.90 Å². The maximum absolute atomic E-state index is 2.61. The van der Waals surface area contributed by atoms with Gasteiger partial charge in [0, 0.05) is 16.7 Å². The summed E-state index contributed by atoms with van der Waals surface area (Å²) in [6.07, 6.45) is 2.18. The third kappa shape index (κ3) is 5.10. The molecular weight excluding hydrogens is 711 g/mol. The molecule has 0 fully saturated rings. The summed E-state index contributed by atoms with van der Waals surface area (Å²) < 4.78 is 0. The van der Waals surface area contributed by atoms with Crippen LogP contribution in [-0.2, 0) is 21.7 Å². The van der Waals surface area contributed by atoms with Crippen LogP contribution in [0.3, 0.4) is 0 Å². The largest absolute Gasteiger partial charge is 0.310 e. The van der Waals surface area contributed by atoms with Crippen LogP contribution in [0, 0.1) is 0 Å². The van der Waals surface area contributed by atoms with Crippen molar-refractivity contribution < 1.29 is 0 Å². The molecule has 0 bridgehead atoms. The summed E-state index contributed by atoms with van der Waals surface area (Å²) in [5, 5.41) is 0. The van der Waals surface area contributed by atoms with Crippen LogP contribution >= 0.6 is 0 Å². The van der Waals surface area contributed by atoms with E-state index in [0.29, 0.717) is 0 Å². The Kier molecular flexibility index (Phi) is 7.89. The molecule has 0 saturated heterocycles. The number of benzene rings is 8. The van der Waals surface area contributed by atoms with Crippen LogP contribution in [-0.4, -0.2) is 0 Å². The molecule has 8 aromatic rings. The molecule has 0 amide bonds. The fourth-order valence-electron chi connectivity index (χ4n) is 12.1. The topological polar surface area (TPSA) is 3.24 Å². The first-order valence-corrected chi connectivity index (χ1v) is 21.3. The fraction of sp³-hybridized carbons (Fsp3) is 0.172. The van der Waals surface area contributed by atoms with Gasteiger partial charge in [0.1, 0.15) is 0 Å². The molecule has 59 heavy (non-hydrogen) atoms. The highest BCUT2D eigenvalue weighted by atomic mass is 15.2. The van der Waals surface area contributed by atoms with Gasteiger partial charge in [0.25, 0.3) is 0 Å². The number of rotatable bonds is 6. The molecule has 0 radical (unpaired) electrons. The SMILES string of the molecule is CC1(C)CC2(CC(C)(C)c3c(N(c4ccc(-c5ccccc5)cc4)c4cccc5c4-c4ccccc4C5(c4ccccc4)c4ccccc4)cccc32)c2ccccc21. The predicted molar refractivity (Wildman–Crippen MR) is 246 cm³/mol. The number of nitrogens with zero attached hydrogens (tertiary/aromatic N) is 1. The van der Waals surface area contributed by atoms with Crippen LogP contribution in [0.5, 0.6) is 0 Å². The second-order valence-electron chi connectivity index (χ2n) is 18.4. The first-order chi connectivity index (χ1) is 28.7. The molecule has 1 spiro atoms. The van der Waals surface area contributed by atoms with Crippen molar-refractivity contribution in [1.29, 1.82) is 0 Å². The molecule has 0 aliphatic heterocycles. The van der Waals surface area contributed by atoms with E-state index in [0.717, 1.165) is 18.5 Å². The van der Waals surface area contributed by atoms with E-state index in [4.69, 9.17) is 0 Å². The lowest BCUT2D eigenvalue weighted by Crippen LogP contribution is -2.28. The standard InChI is InChI=1S/C58H49N/c1-55(2)38-57(48-29-17-16-28-47(48)55)39-56(3,4)54-50(57)31-19-33-52(54)59(44-36-34-41(35-37-44)40-20-8-5-9-21-40)51-32-18-30-49-53(51)45-26-14-15-27-46(45)58(49,42-22-10-6-11-23-42)43-24-12-7-13-25-43/h5-37H,38-39H2,1-4H3. The van der Waals surface area contributed by atoms with Crippen molar-refractivity contribution in [2.24, 2.45) is 0 Å². The Bertz CT molecular complexity index is 2830. The van der Waals surface area contributed by atoms with E-state index in [1.54, 1.807) is 0 Å². The lowest BCUT2D eigenvalue weighted by molar-refractivity contribution is 0.350. The molecule has 1 nitrogen and oxygen atoms in total. The third-order valence-electron chi connectivity index (χ3n) is 14.1. The fourth-order valence-corrected chi connectivity index (χ4v) is 12.1. The maximum Gasteiger partial charge on any atom is 0.0714 e. The van der Waals surface area contributed by atoms with Crippen molar-refractivity contribution in [3.8, 4) is 22.3 Å². The third-order valence-corrected chi connectivity index (χ3v) is 14.1. The summed E-state index contributed by atoms with van der Waals surface area (Å²) in [5.74, 6) is 0. The highest BCUT2D eigenvalue weighted by molar-refractivity contribution is 5.98. The van der Waals surface area contributed by atoms with E-state index in [1.165, 1.54) is 78.1 Å². The zero-order valence-corrected chi connectivity index (χ0v) is 34.4. The molecule has 1 heteroatoms. The summed E-state index contributed by atoms with van der Waals surface area (Å²) in [7, 11) is 0. The smallest absolute Gasteiger partial charge is 0.0714 e. The van der Waals surface area contributed by atoms with E-state index >= 15 is 0 Å². The van der Waals surface area contributed by atoms with Crippen LogP contribution in [0.15, 0.2) is 200 Å². The van der Waals surface area contributed by atoms with Gasteiger partial charge in [-0.2, -0.15) is 0 Å². The van der Waals surface area contributed by atoms with E-state index in [2.05, 4.69) is 233 Å². The van der Waals surface area contributed by atoms with Crippen molar-refractivity contribution in [3.63, 3.8) is 0 Å². The lowest BCUT2D eigenvalue weighted by atomic mass is 9.68. The molecule has 0 N–H and O–H groups in total. The molecule has 1 atom stereocenters. The molecule has 11 rings (SSSR count). The summed E-state index contributed by atoms with van der Waals surface area (Å²) in [6.45, 7) is 9.89. The van der Waals surface area contributed by atoms with Crippen LogP contribution in [0.1, 0.15) is 85.0 Å².